The summed E-state index contributed by atoms with van der Waals surface area (Å²) in [5, 5.41) is 4.49. The smallest absolute Gasteiger partial charge is 0.261 e. The summed E-state index contributed by atoms with van der Waals surface area (Å²) in [5.74, 6) is 0.691. The third-order valence-corrected chi connectivity index (χ3v) is 7.17. The molecule has 130 valence electrons. The number of carbonyl (C=O) groups excluding carboxylic acids is 1. The van der Waals surface area contributed by atoms with E-state index in [0.29, 0.717) is 5.92 Å². The Labute approximate surface area is 161 Å². The maximum absolute atomic E-state index is 12.8. The Morgan fingerprint density at radius 1 is 1.29 bits per heavy atom. The van der Waals surface area contributed by atoms with E-state index in [1.54, 1.807) is 11.3 Å². The van der Waals surface area contributed by atoms with Crippen molar-refractivity contribution in [3.8, 4) is 0 Å². The van der Waals surface area contributed by atoms with Gasteiger partial charge in [0.15, 0.2) is 0 Å². The number of piperidine rings is 3. The van der Waals surface area contributed by atoms with E-state index in [0.717, 1.165) is 19.4 Å². The number of benzene rings is 1. The van der Waals surface area contributed by atoms with E-state index in [1.807, 2.05) is 12.1 Å². The van der Waals surface area contributed by atoms with Gasteiger partial charge < -0.3 is 5.32 Å². The van der Waals surface area contributed by atoms with Gasteiger partial charge >= 0.3 is 0 Å². The number of rotatable bonds is 2. The van der Waals surface area contributed by atoms with Crippen LogP contribution in [0.2, 0.25) is 0 Å². The highest BCUT2D eigenvalue weighted by Crippen LogP contribution is 2.39. The van der Waals surface area contributed by atoms with Crippen molar-refractivity contribution in [1.29, 1.82) is 0 Å². The maximum Gasteiger partial charge on any atom is 0.261 e. The summed E-state index contributed by atoms with van der Waals surface area (Å²) in [6.07, 6.45) is 2.40. The molecule has 4 heterocycles. The fraction of sp³-hybridized carbons (Fsp3) is 0.500. The van der Waals surface area contributed by atoms with Crippen LogP contribution in [0.4, 0.5) is 0 Å². The van der Waals surface area contributed by atoms with Crippen molar-refractivity contribution in [2.24, 2.45) is 5.92 Å². The van der Waals surface area contributed by atoms with Crippen molar-refractivity contribution < 1.29 is 4.79 Å². The highest BCUT2D eigenvalue weighted by Gasteiger charge is 2.48. The normalized spacial score (nSPS) is 27.7. The summed E-state index contributed by atoms with van der Waals surface area (Å²) in [7, 11) is 0. The Hall–Kier alpha value is -0.620. The lowest BCUT2D eigenvalue weighted by atomic mass is 9.72. The average molecular weight is 430 g/mol. The molecule has 0 spiro atoms. The average Bonchev–Trinajstić information content (AvgIpc) is 2.94. The summed E-state index contributed by atoms with van der Waals surface area (Å²) >= 11 is 5.07. The first-order valence-electron chi connectivity index (χ1n) is 8.20. The number of nitrogens with one attached hydrogen (secondary N) is 1. The molecule has 0 aliphatic carbocycles. The molecule has 1 aromatic carbocycles. The summed E-state index contributed by atoms with van der Waals surface area (Å²) in [6, 6.07) is 8.41. The standard InChI is InChI=1S/C18H21BrN2OS.ClH/c1-18(2)16(11-5-7-21(18)8-6-11)20-17(22)15-9-12-3-4-13(19)10-14(12)23-15;/h3-4,9-11,16H,5-8H2,1-2H3,(H,20,22);1H/t16-;/m1./s1. The molecule has 3 saturated heterocycles. The van der Waals surface area contributed by atoms with Gasteiger partial charge in [-0.05, 0) is 69.3 Å². The molecule has 0 unspecified atom stereocenters. The second kappa shape index (κ2) is 6.60. The highest BCUT2D eigenvalue weighted by molar-refractivity contribution is 9.10. The highest BCUT2D eigenvalue weighted by atomic mass is 79.9. The number of hydrogen-bond acceptors (Lipinski definition) is 3. The molecular weight excluding hydrogens is 408 g/mol. The first-order chi connectivity index (χ1) is 10.9. The number of carbonyl (C=O) groups is 1. The number of halogens is 2. The predicted octanol–water partition coefficient (Wildman–Crippen LogP) is 4.69. The Morgan fingerprint density at radius 3 is 2.67 bits per heavy atom. The molecule has 3 nitrogen and oxygen atoms in total. The van der Waals surface area contributed by atoms with Crippen molar-refractivity contribution in [1.82, 2.24) is 10.2 Å². The molecule has 0 saturated carbocycles. The second-order valence-corrected chi connectivity index (χ2v) is 9.22. The van der Waals surface area contributed by atoms with Crippen molar-refractivity contribution in [2.75, 3.05) is 13.1 Å². The fourth-order valence-electron chi connectivity index (χ4n) is 4.21. The van der Waals surface area contributed by atoms with Gasteiger partial charge in [-0.1, -0.05) is 22.0 Å². The first kappa shape index (κ1) is 18.2. The van der Waals surface area contributed by atoms with Crippen LogP contribution >= 0.6 is 39.7 Å². The minimum Gasteiger partial charge on any atom is -0.346 e. The topological polar surface area (TPSA) is 32.3 Å². The summed E-state index contributed by atoms with van der Waals surface area (Å²) in [4.78, 5) is 16.1. The van der Waals surface area contributed by atoms with E-state index in [1.165, 1.54) is 25.9 Å². The zero-order chi connectivity index (χ0) is 16.2. The Bertz CT molecular complexity index is 767. The largest absolute Gasteiger partial charge is 0.346 e. The first-order valence-corrected chi connectivity index (χ1v) is 9.81. The SMILES string of the molecule is CC1(C)[C@H](NC(=O)c2cc3ccc(Br)cc3s2)C2CCN1CC2.Cl. The van der Waals surface area contributed by atoms with Crippen molar-refractivity contribution >= 4 is 55.7 Å². The van der Waals surface area contributed by atoms with E-state index in [-0.39, 0.29) is 29.9 Å². The quantitative estimate of drug-likeness (QED) is 0.751. The molecule has 1 aromatic heterocycles. The van der Waals surface area contributed by atoms with Crippen molar-refractivity contribution in [2.45, 2.75) is 38.3 Å². The van der Waals surface area contributed by atoms with Gasteiger partial charge in [0.1, 0.15) is 0 Å². The molecule has 3 fully saturated rings. The lowest BCUT2D eigenvalue weighted by Gasteiger charge is -2.56. The zero-order valence-electron chi connectivity index (χ0n) is 13.8. The lowest BCUT2D eigenvalue weighted by Crippen LogP contribution is -2.69. The van der Waals surface area contributed by atoms with Gasteiger partial charge in [-0.3, -0.25) is 9.69 Å². The lowest BCUT2D eigenvalue weighted by molar-refractivity contribution is -0.0377. The van der Waals surface area contributed by atoms with Gasteiger partial charge in [-0.15, -0.1) is 23.7 Å². The molecule has 5 rings (SSSR count). The Kier molecular flexibility index (Phi) is 5.00. The van der Waals surface area contributed by atoms with Crippen LogP contribution in [0.5, 0.6) is 0 Å². The molecule has 1 amide bonds. The number of nitrogens with zero attached hydrogens (tertiary/aromatic N) is 1. The van der Waals surface area contributed by atoms with Crippen LogP contribution in [0.3, 0.4) is 0 Å². The number of hydrogen-bond donors (Lipinski definition) is 1. The van der Waals surface area contributed by atoms with Gasteiger partial charge in [0.05, 0.1) is 4.88 Å². The van der Waals surface area contributed by atoms with Crippen molar-refractivity contribution in [3.05, 3.63) is 33.6 Å². The maximum atomic E-state index is 12.8. The van der Waals surface area contributed by atoms with E-state index in [4.69, 9.17) is 0 Å². The number of amides is 1. The molecule has 24 heavy (non-hydrogen) atoms. The minimum atomic E-state index is 0. The van der Waals surface area contributed by atoms with Crippen LogP contribution in [0, 0.1) is 5.92 Å². The van der Waals surface area contributed by atoms with Crippen LogP contribution in [0.25, 0.3) is 10.1 Å². The Balaban J connectivity index is 0.00000169. The van der Waals surface area contributed by atoms with Crippen molar-refractivity contribution in [3.63, 3.8) is 0 Å². The molecule has 6 heteroatoms. The van der Waals surface area contributed by atoms with Crippen LogP contribution in [-0.2, 0) is 0 Å². The van der Waals surface area contributed by atoms with Gasteiger partial charge in [-0.25, -0.2) is 0 Å². The fourth-order valence-corrected chi connectivity index (χ4v) is 5.72. The number of thiophene rings is 1. The summed E-state index contributed by atoms with van der Waals surface area (Å²) < 4.78 is 2.20. The third kappa shape index (κ3) is 3.00. The van der Waals surface area contributed by atoms with E-state index in [9.17, 15) is 4.79 Å². The number of fused-ring (bicyclic) bond motifs is 4. The van der Waals surface area contributed by atoms with Gasteiger partial charge in [-0.2, -0.15) is 0 Å². The molecule has 2 bridgehead atoms. The van der Waals surface area contributed by atoms with E-state index >= 15 is 0 Å². The molecule has 1 atom stereocenters. The summed E-state index contributed by atoms with van der Waals surface area (Å²) in [5.41, 5.74) is 0.0521. The predicted molar refractivity (Wildman–Crippen MR) is 106 cm³/mol. The zero-order valence-corrected chi connectivity index (χ0v) is 17.1. The van der Waals surface area contributed by atoms with Crippen LogP contribution < -0.4 is 5.32 Å². The van der Waals surface area contributed by atoms with Gasteiger partial charge in [0, 0.05) is 20.8 Å². The molecule has 3 aliphatic rings. The second-order valence-electron chi connectivity index (χ2n) is 7.22. The molecule has 2 aromatic rings. The van der Waals surface area contributed by atoms with Crippen LogP contribution in [-0.4, -0.2) is 35.5 Å². The monoisotopic (exact) mass is 428 g/mol. The molecule has 0 radical (unpaired) electrons. The minimum absolute atomic E-state index is 0. The molecule has 1 N–H and O–H groups in total. The summed E-state index contributed by atoms with van der Waals surface area (Å²) in [6.45, 7) is 6.87. The van der Waals surface area contributed by atoms with Crippen LogP contribution in [0.15, 0.2) is 28.7 Å². The molecular formula is C18H22BrClN2OS. The van der Waals surface area contributed by atoms with Crippen LogP contribution in [0.1, 0.15) is 36.4 Å². The van der Waals surface area contributed by atoms with Gasteiger partial charge in [0.25, 0.3) is 5.91 Å². The third-order valence-electron chi connectivity index (χ3n) is 5.58. The molecule has 3 aliphatic heterocycles. The Morgan fingerprint density at radius 2 is 2.00 bits per heavy atom. The van der Waals surface area contributed by atoms with E-state index < -0.39 is 0 Å². The van der Waals surface area contributed by atoms with E-state index in [2.05, 4.69) is 52.1 Å². The van der Waals surface area contributed by atoms with Gasteiger partial charge in [0.2, 0.25) is 0 Å².